The van der Waals surface area contributed by atoms with E-state index in [-0.39, 0.29) is 24.0 Å². The number of aryl methyl sites for hydroxylation is 2. The second-order valence-corrected chi connectivity index (χ2v) is 9.48. The quantitative estimate of drug-likeness (QED) is 0.231. The summed E-state index contributed by atoms with van der Waals surface area (Å²) in [5.41, 5.74) is 10.4. The van der Waals surface area contributed by atoms with E-state index in [4.69, 9.17) is 4.98 Å². The Labute approximate surface area is 234 Å². The van der Waals surface area contributed by atoms with E-state index in [0.717, 1.165) is 33.3 Å². The van der Waals surface area contributed by atoms with Crippen molar-refractivity contribution in [3.63, 3.8) is 0 Å². The molecule has 0 unspecified atom stereocenters. The number of benzene rings is 3. The van der Waals surface area contributed by atoms with E-state index in [9.17, 15) is 0 Å². The highest BCUT2D eigenvalue weighted by molar-refractivity contribution is 6.05. The van der Waals surface area contributed by atoms with Gasteiger partial charge < -0.3 is 33.3 Å². The number of hydrogen-bond acceptors (Lipinski definition) is 2. The first-order chi connectivity index (χ1) is 17.5. The molecule has 5 heteroatoms. The molecular weight excluding hydrogens is 567 g/mol. The summed E-state index contributed by atoms with van der Waals surface area (Å²) in [5, 5.41) is 1.15. The molecular formula is C32H29IN4. The molecule has 0 bridgehead atoms. The van der Waals surface area contributed by atoms with Crippen molar-refractivity contribution in [1.29, 1.82) is 0 Å². The number of pyridine rings is 1. The number of rotatable bonds is 4. The lowest BCUT2D eigenvalue weighted by Crippen LogP contribution is -3.00. The summed E-state index contributed by atoms with van der Waals surface area (Å²) in [6, 6.07) is 32.3. The molecule has 0 aliphatic carbocycles. The highest BCUT2D eigenvalue weighted by atomic mass is 127. The Bertz CT molecular complexity index is 1750. The number of hydrogen-bond donors (Lipinski definition) is 0. The van der Waals surface area contributed by atoms with Crippen LogP contribution in [0.15, 0.2) is 97.2 Å². The lowest BCUT2D eigenvalue weighted by Gasteiger charge is -2.11. The van der Waals surface area contributed by atoms with Gasteiger partial charge >= 0.3 is 0 Å². The second-order valence-electron chi connectivity index (χ2n) is 9.48. The Hall–Kier alpha value is -3.71. The molecule has 0 aliphatic heterocycles. The summed E-state index contributed by atoms with van der Waals surface area (Å²) in [5.74, 6) is 1.00. The fourth-order valence-electron chi connectivity index (χ4n) is 5.08. The molecule has 3 aromatic heterocycles. The van der Waals surface area contributed by atoms with Crippen molar-refractivity contribution in [3.05, 3.63) is 114 Å². The third-order valence-corrected chi connectivity index (χ3v) is 7.05. The van der Waals surface area contributed by atoms with E-state index >= 15 is 0 Å². The van der Waals surface area contributed by atoms with E-state index in [1.54, 1.807) is 0 Å². The Morgan fingerprint density at radius 3 is 1.97 bits per heavy atom. The van der Waals surface area contributed by atoms with Gasteiger partial charge in [-0.25, -0.2) is 4.57 Å². The first-order valence-electron chi connectivity index (χ1n) is 12.3. The van der Waals surface area contributed by atoms with Crippen molar-refractivity contribution in [1.82, 2.24) is 9.38 Å². The third kappa shape index (κ3) is 4.27. The number of fused-ring (bicyclic) bond motifs is 3. The van der Waals surface area contributed by atoms with E-state index < -0.39 is 0 Å². The Morgan fingerprint density at radius 2 is 1.38 bits per heavy atom. The molecule has 37 heavy (non-hydrogen) atoms. The first-order valence-corrected chi connectivity index (χ1v) is 12.3. The minimum atomic E-state index is 0. The lowest BCUT2D eigenvalue weighted by molar-refractivity contribution is -0.651. The van der Waals surface area contributed by atoms with Gasteiger partial charge in [0, 0.05) is 50.1 Å². The van der Waals surface area contributed by atoms with Crippen LogP contribution in [0.5, 0.6) is 0 Å². The van der Waals surface area contributed by atoms with Crippen LogP contribution >= 0.6 is 0 Å². The van der Waals surface area contributed by atoms with Crippen molar-refractivity contribution < 1.29 is 28.5 Å². The summed E-state index contributed by atoms with van der Waals surface area (Å²) in [7, 11) is 6.22. The molecule has 0 fully saturated rings. The zero-order valence-corrected chi connectivity index (χ0v) is 23.6. The van der Waals surface area contributed by atoms with Crippen LogP contribution in [0.4, 0.5) is 5.69 Å². The largest absolute Gasteiger partial charge is 1.00 e. The zero-order chi connectivity index (χ0) is 24.8. The predicted octanol–water partition coefficient (Wildman–Crippen LogP) is 2.57. The van der Waals surface area contributed by atoms with Crippen LogP contribution in [-0.4, -0.2) is 23.5 Å². The topological polar surface area (TPSA) is 24.4 Å². The third-order valence-electron chi connectivity index (χ3n) is 7.05. The molecule has 0 N–H and O–H groups in total. The van der Waals surface area contributed by atoms with E-state index in [1.807, 2.05) is 0 Å². The molecule has 184 valence electrons. The van der Waals surface area contributed by atoms with Gasteiger partial charge in [0.15, 0.2) is 5.52 Å². The molecule has 6 aromatic rings. The minimum absolute atomic E-state index is 0. The Kier molecular flexibility index (Phi) is 6.73. The summed E-state index contributed by atoms with van der Waals surface area (Å²) in [6.45, 7) is 2.07. The maximum absolute atomic E-state index is 5.04. The van der Waals surface area contributed by atoms with Crippen LogP contribution in [-0.2, 0) is 7.05 Å². The van der Waals surface area contributed by atoms with Gasteiger partial charge in [-0.2, -0.15) is 0 Å². The first kappa shape index (κ1) is 25.0. The zero-order valence-electron chi connectivity index (χ0n) is 21.5. The van der Waals surface area contributed by atoms with Crippen LogP contribution in [0.1, 0.15) is 11.4 Å². The molecule has 0 amide bonds. The average Bonchev–Trinajstić information content (AvgIpc) is 3.39. The molecule has 0 saturated heterocycles. The molecule has 3 aromatic carbocycles. The number of aromatic nitrogens is 3. The summed E-state index contributed by atoms with van der Waals surface area (Å²) >= 11 is 0. The van der Waals surface area contributed by atoms with Gasteiger partial charge in [-0.15, -0.1) is 0 Å². The summed E-state index contributed by atoms with van der Waals surface area (Å²) in [4.78, 5) is 7.16. The smallest absolute Gasteiger partial charge is 0.296 e. The molecule has 0 spiro atoms. The Morgan fingerprint density at radius 1 is 0.784 bits per heavy atom. The van der Waals surface area contributed by atoms with Crippen LogP contribution in [0, 0.1) is 6.92 Å². The molecule has 0 radical (unpaired) electrons. The van der Waals surface area contributed by atoms with E-state index in [0.29, 0.717) is 0 Å². The highest BCUT2D eigenvalue weighted by Crippen LogP contribution is 2.37. The Balaban J connectivity index is 0.00000280. The normalized spacial score (nSPS) is 11.7. The molecule has 0 atom stereocenters. The van der Waals surface area contributed by atoms with Gasteiger partial charge in [-0.1, -0.05) is 72.8 Å². The molecule has 4 nitrogen and oxygen atoms in total. The average molecular weight is 597 g/mol. The number of imidazole rings is 1. The van der Waals surface area contributed by atoms with Gasteiger partial charge in [-0.3, -0.25) is 0 Å². The summed E-state index contributed by atoms with van der Waals surface area (Å²) < 4.78 is 4.49. The lowest BCUT2D eigenvalue weighted by atomic mass is 9.96. The van der Waals surface area contributed by atoms with E-state index in [2.05, 4.69) is 145 Å². The van der Waals surface area contributed by atoms with Gasteiger partial charge in [0.2, 0.25) is 5.52 Å². The second kappa shape index (κ2) is 9.98. The maximum atomic E-state index is 5.04. The number of nitrogens with zero attached hydrogens (tertiary/aromatic N) is 4. The van der Waals surface area contributed by atoms with Crippen molar-refractivity contribution >= 4 is 28.3 Å². The standard InChI is InChI=1S/C32H29N4.HI/c1-22-33-31-27(35(22)4)19-20-36-28(21-23-15-17-26(18-16-23)34(2)3)29(24-11-7-5-8-12-24)30(32(31)36)25-13-9-6-10-14-25;/h5-21H,1-4H3;1H/q+1;/p-1. The van der Waals surface area contributed by atoms with Crippen molar-refractivity contribution in [2.24, 2.45) is 7.05 Å². The van der Waals surface area contributed by atoms with Gasteiger partial charge in [0.05, 0.1) is 12.4 Å². The molecule has 6 rings (SSSR count). The van der Waals surface area contributed by atoms with Gasteiger partial charge in [0.25, 0.3) is 5.82 Å². The SMILES string of the molecule is Cc1nc2c3c(-c4ccccc4)c(-c4ccccc4)/c(=C/c4ccc(N(C)C)cc4)n3ccc2[n+]1C.[I-]. The van der Waals surface area contributed by atoms with Crippen molar-refractivity contribution in [2.45, 2.75) is 6.92 Å². The predicted molar refractivity (Wildman–Crippen MR) is 149 cm³/mol. The van der Waals surface area contributed by atoms with Crippen LogP contribution in [0.25, 0.3) is 44.9 Å². The minimum Gasteiger partial charge on any atom is -1.00 e. The fourth-order valence-corrected chi connectivity index (χ4v) is 5.08. The fraction of sp³-hybridized carbons (Fsp3) is 0.125. The molecule has 3 heterocycles. The van der Waals surface area contributed by atoms with E-state index in [1.165, 1.54) is 27.9 Å². The van der Waals surface area contributed by atoms with Crippen LogP contribution in [0.3, 0.4) is 0 Å². The number of halogens is 1. The van der Waals surface area contributed by atoms with Crippen molar-refractivity contribution in [3.8, 4) is 22.3 Å². The van der Waals surface area contributed by atoms with Gasteiger partial charge in [0.1, 0.15) is 5.52 Å². The highest BCUT2D eigenvalue weighted by Gasteiger charge is 2.25. The number of anilines is 1. The van der Waals surface area contributed by atoms with Crippen molar-refractivity contribution in [2.75, 3.05) is 19.0 Å². The molecule has 0 aliphatic rings. The summed E-state index contributed by atoms with van der Waals surface area (Å²) in [6.07, 6.45) is 4.49. The van der Waals surface area contributed by atoms with Crippen LogP contribution < -0.4 is 38.8 Å². The van der Waals surface area contributed by atoms with Crippen LogP contribution in [0.2, 0.25) is 0 Å². The maximum Gasteiger partial charge on any atom is 0.296 e. The molecule has 0 saturated carbocycles. The monoisotopic (exact) mass is 596 g/mol. The van der Waals surface area contributed by atoms with Gasteiger partial charge in [-0.05, 0) is 39.9 Å².